The van der Waals surface area contributed by atoms with Crippen LogP contribution in [0.5, 0.6) is 5.75 Å². The number of aromatic carboxylic acids is 1. The van der Waals surface area contributed by atoms with E-state index in [9.17, 15) is 9.18 Å². The molecule has 0 bridgehead atoms. The maximum atomic E-state index is 13.1. The highest BCUT2D eigenvalue weighted by Gasteiger charge is 2.09. The molecule has 2 aromatic carbocycles. The lowest BCUT2D eigenvalue weighted by Gasteiger charge is -2.13. The minimum absolute atomic E-state index is 0.221. The molecule has 104 valence electrons. The van der Waals surface area contributed by atoms with Crippen LogP contribution in [0.2, 0.25) is 0 Å². The third-order valence-electron chi connectivity index (χ3n) is 2.91. The molecule has 20 heavy (non-hydrogen) atoms. The maximum absolute atomic E-state index is 13.1. The normalized spacial score (nSPS) is 10.2. The lowest BCUT2D eigenvalue weighted by molar-refractivity contribution is 0.0697. The quantitative estimate of drug-likeness (QED) is 0.895. The smallest absolute Gasteiger partial charge is 0.335 e. The van der Waals surface area contributed by atoms with E-state index in [1.54, 1.807) is 25.1 Å². The second-order valence-corrected chi connectivity index (χ2v) is 4.30. The van der Waals surface area contributed by atoms with Crippen LogP contribution in [0, 0.1) is 12.7 Å². The molecule has 0 aliphatic carbocycles. The van der Waals surface area contributed by atoms with Crippen LogP contribution in [0.4, 0.5) is 15.8 Å². The van der Waals surface area contributed by atoms with Gasteiger partial charge < -0.3 is 15.2 Å². The first kappa shape index (κ1) is 13.9. The Bertz CT molecular complexity index is 656. The van der Waals surface area contributed by atoms with Crippen LogP contribution in [0.1, 0.15) is 15.9 Å². The highest BCUT2D eigenvalue weighted by Crippen LogP contribution is 2.29. The van der Waals surface area contributed by atoms with E-state index in [4.69, 9.17) is 9.84 Å². The van der Waals surface area contributed by atoms with Crippen LogP contribution < -0.4 is 10.1 Å². The maximum Gasteiger partial charge on any atom is 0.335 e. The number of hydrogen-bond donors (Lipinski definition) is 2. The predicted molar refractivity (Wildman–Crippen MR) is 74.4 cm³/mol. The van der Waals surface area contributed by atoms with E-state index in [0.29, 0.717) is 11.4 Å². The van der Waals surface area contributed by atoms with Gasteiger partial charge in [0.25, 0.3) is 0 Å². The van der Waals surface area contributed by atoms with Crippen LogP contribution in [0.15, 0.2) is 36.4 Å². The molecular formula is C15H14FNO3. The van der Waals surface area contributed by atoms with E-state index in [-0.39, 0.29) is 11.4 Å². The Balaban J connectivity index is 2.33. The molecule has 0 radical (unpaired) electrons. The zero-order chi connectivity index (χ0) is 14.7. The van der Waals surface area contributed by atoms with Crippen molar-refractivity contribution in [3.05, 3.63) is 53.3 Å². The first-order chi connectivity index (χ1) is 9.51. The molecule has 0 heterocycles. The Morgan fingerprint density at radius 1 is 1.20 bits per heavy atom. The molecule has 0 aliphatic heterocycles. The summed E-state index contributed by atoms with van der Waals surface area (Å²) in [6, 6.07) is 8.92. The van der Waals surface area contributed by atoms with Gasteiger partial charge in [-0.3, -0.25) is 0 Å². The van der Waals surface area contributed by atoms with Gasteiger partial charge in [-0.1, -0.05) is 0 Å². The third kappa shape index (κ3) is 2.88. The van der Waals surface area contributed by atoms with E-state index < -0.39 is 5.97 Å². The molecule has 0 unspecified atom stereocenters. The molecule has 0 saturated heterocycles. The summed E-state index contributed by atoms with van der Waals surface area (Å²) >= 11 is 0. The van der Waals surface area contributed by atoms with Gasteiger partial charge in [0.05, 0.1) is 18.4 Å². The molecule has 0 amide bonds. The fraction of sp³-hybridized carbons (Fsp3) is 0.133. The van der Waals surface area contributed by atoms with Crippen LogP contribution >= 0.6 is 0 Å². The number of aryl methyl sites for hydroxylation is 1. The third-order valence-corrected chi connectivity index (χ3v) is 2.91. The van der Waals surface area contributed by atoms with Gasteiger partial charge in [-0.15, -0.1) is 0 Å². The monoisotopic (exact) mass is 275 g/mol. The van der Waals surface area contributed by atoms with Crippen molar-refractivity contribution in [1.29, 1.82) is 0 Å². The number of nitrogens with one attached hydrogen (secondary N) is 1. The van der Waals surface area contributed by atoms with Gasteiger partial charge in [-0.2, -0.15) is 0 Å². The Labute approximate surface area is 115 Å². The lowest BCUT2D eigenvalue weighted by Crippen LogP contribution is -2.00. The summed E-state index contributed by atoms with van der Waals surface area (Å²) in [6.45, 7) is 1.80. The number of rotatable bonds is 4. The highest BCUT2D eigenvalue weighted by atomic mass is 19.1. The Kier molecular flexibility index (Phi) is 3.89. The fourth-order valence-corrected chi connectivity index (χ4v) is 1.85. The summed E-state index contributed by atoms with van der Waals surface area (Å²) in [5.41, 5.74) is 2.34. The van der Waals surface area contributed by atoms with Crippen molar-refractivity contribution in [3.8, 4) is 5.75 Å². The average molecular weight is 275 g/mol. The summed E-state index contributed by atoms with van der Waals surface area (Å²) in [5, 5.41) is 12.0. The van der Waals surface area contributed by atoms with Gasteiger partial charge >= 0.3 is 5.97 Å². The van der Waals surface area contributed by atoms with Crippen molar-refractivity contribution in [2.45, 2.75) is 6.92 Å². The zero-order valence-electron chi connectivity index (χ0n) is 11.1. The molecular weight excluding hydrogens is 261 g/mol. The van der Waals surface area contributed by atoms with Gasteiger partial charge in [0.1, 0.15) is 11.6 Å². The Hall–Kier alpha value is -2.56. The van der Waals surface area contributed by atoms with E-state index in [1.165, 1.54) is 25.3 Å². The number of carboxylic acids is 1. The second kappa shape index (κ2) is 5.61. The van der Waals surface area contributed by atoms with Crippen molar-refractivity contribution < 1.29 is 19.0 Å². The second-order valence-electron chi connectivity index (χ2n) is 4.30. The number of hydrogen-bond acceptors (Lipinski definition) is 3. The van der Waals surface area contributed by atoms with Crippen molar-refractivity contribution in [2.24, 2.45) is 0 Å². The number of carboxylic acid groups (broad SMARTS) is 1. The summed E-state index contributed by atoms with van der Waals surface area (Å²) in [6.07, 6.45) is 0. The van der Waals surface area contributed by atoms with Crippen LogP contribution in [-0.2, 0) is 0 Å². The topological polar surface area (TPSA) is 58.6 Å². The molecule has 5 heteroatoms. The standard InChI is InChI=1S/C15H14FNO3/c1-9-7-10(15(18)19)3-5-12(9)17-13-6-4-11(16)8-14(13)20-2/h3-8,17H,1-2H3,(H,18,19). The van der Waals surface area contributed by atoms with Gasteiger partial charge in [0.15, 0.2) is 0 Å². The first-order valence-electron chi connectivity index (χ1n) is 5.96. The molecule has 0 fully saturated rings. The fourth-order valence-electron chi connectivity index (χ4n) is 1.85. The van der Waals surface area contributed by atoms with Crippen LogP contribution in [-0.4, -0.2) is 18.2 Å². The number of methoxy groups -OCH3 is 1. The summed E-state index contributed by atoms with van der Waals surface area (Å²) in [5.74, 6) is -0.976. The summed E-state index contributed by atoms with van der Waals surface area (Å²) < 4.78 is 18.2. The zero-order valence-corrected chi connectivity index (χ0v) is 11.1. The number of carbonyl (C=O) groups is 1. The average Bonchev–Trinajstić information content (AvgIpc) is 2.42. The molecule has 2 N–H and O–H groups in total. The summed E-state index contributed by atoms with van der Waals surface area (Å²) in [7, 11) is 1.46. The molecule has 0 aromatic heterocycles. The highest BCUT2D eigenvalue weighted by molar-refractivity contribution is 5.88. The van der Waals surface area contributed by atoms with Gasteiger partial charge in [-0.05, 0) is 42.8 Å². The lowest BCUT2D eigenvalue weighted by atomic mass is 10.1. The van der Waals surface area contributed by atoms with Crippen molar-refractivity contribution in [3.63, 3.8) is 0 Å². The van der Waals surface area contributed by atoms with Crippen molar-refractivity contribution >= 4 is 17.3 Å². The van der Waals surface area contributed by atoms with Gasteiger partial charge in [0, 0.05) is 11.8 Å². The Morgan fingerprint density at radius 2 is 1.90 bits per heavy atom. The molecule has 2 aromatic rings. The molecule has 0 aliphatic rings. The van der Waals surface area contributed by atoms with E-state index in [0.717, 1.165) is 11.3 Å². The predicted octanol–water partition coefficient (Wildman–Crippen LogP) is 3.58. The molecule has 0 spiro atoms. The van der Waals surface area contributed by atoms with E-state index in [2.05, 4.69) is 5.32 Å². The number of ether oxygens (including phenoxy) is 1. The number of anilines is 2. The van der Waals surface area contributed by atoms with Gasteiger partial charge in [-0.25, -0.2) is 9.18 Å². The minimum Gasteiger partial charge on any atom is -0.494 e. The summed E-state index contributed by atoms with van der Waals surface area (Å²) in [4.78, 5) is 10.9. The molecule has 0 atom stereocenters. The Morgan fingerprint density at radius 3 is 2.50 bits per heavy atom. The SMILES string of the molecule is COc1cc(F)ccc1Nc1ccc(C(=O)O)cc1C. The molecule has 4 nitrogen and oxygen atoms in total. The number of benzene rings is 2. The molecule has 2 rings (SSSR count). The van der Waals surface area contributed by atoms with Crippen molar-refractivity contribution in [1.82, 2.24) is 0 Å². The largest absolute Gasteiger partial charge is 0.494 e. The number of halogens is 1. The van der Waals surface area contributed by atoms with Crippen LogP contribution in [0.3, 0.4) is 0 Å². The molecule has 0 saturated carbocycles. The van der Waals surface area contributed by atoms with E-state index >= 15 is 0 Å². The minimum atomic E-state index is -0.973. The van der Waals surface area contributed by atoms with E-state index in [1.807, 2.05) is 0 Å². The first-order valence-corrected chi connectivity index (χ1v) is 5.96. The van der Waals surface area contributed by atoms with Crippen LogP contribution in [0.25, 0.3) is 0 Å². The van der Waals surface area contributed by atoms with Crippen molar-refractivity contribution in [2.75, 3.05) is 12.4 Å². The van der Waals surface area contributed by atoms with Gasteiger partial charge in [0.2, 0.25) is 0 Å².